The largest absolute Gasteiger partial charge is 0.468 e. The van der Waals surface area contributed by atoms with Crippen LogP contribution in [-0.2, 0) is 32.1 Å². The summed E-state index contributed by atoms with van der Waals surface area (Å²) in [4.78, 5) is 52.1. The molecule has 0 fully saturated rings. The number of nitrogens with one attached hydrogen (secondary N) is 2. The molecule has 31 heavy (non-hydrogen) atoms. The molecule has 0 saturated carbocycles. The van der Waals surface area contributed by atoms with Crippen LogP contribution >= 0.6 is 0 Å². The van der Waals surface area contributed by atoms with E-state index in [1.165, 1.54) is 18.0 Å². The third-order valence-corrected chi connectivity index (χ3v) is 4.63. The Kier molecular flexibility index (Phi) is 6.76. The second-order valence-electron chi connectivity index (χ2n) is 6.92. The summed E-state index contributed by atoms with van der Waals surface area (Å²) in [7, 11) is 1.25. The topological polar surface area (TPSA) is 119 Å². The maximum absolute atomic E-state index is 12.6. The summed E-state index contributed by atoms with van der Waals surface area (Å²) in [5.41, 5.74) is 2.48. The summed E-state index contributed by atoms with van der Waals surface area (Å²) >= 11 is 0. The summed E-state index contributed by atoms with van der Waals surface area (Å²) in [5.74, 6) is -1.22. The first-order chi connectivity index (χ1) is 14.9. The van der Waals surface area contributed by atoms with Crippen molar-refractivity contribution < 1.29 is 19.1 Å². The molecule has 1 aromatic heterocycles. The number of aromatic nitrogens is 2. The van der Waals surface area contributed by atoms with Gasteiger partial charge < -0.3 is 15.4 Å². The highest BCUT2D eigenvalue weighted by atomic mass is 16.5. The smallest absolute Gasteiger partial charge is 0.325 e. The van der Waals surface area contributed by atoms with Gasteiger partial charge in [-0.3, -0.25) is 23.7 Å². The van der Waals surface area contributed by atoms with Gasteiger partial charge in [0.05, 0.1) is 30.8 Å². The second kappa shape index (κ2) is 9.66. The van der Waals surface area contributed by atoms with E-state index in [1.54, 1.807) is 36.4 Å². The fraction of sp³-hybridized carbons (Fsp3) is 0.227. The van der Waals surface area contributed by atoms with Gasteiger partial charge in [0, 0.05) is 5.69 Å². The summed E-state index contributed by atoms with van der Waals surface area (Å²) < 4.78 is 5.72. The first-order valence-corrected chi connectivity index (χ1v) is 9.54. The fourth-order valence-electron chi connectivity index (χ4n) is 3.00. The second-order valence-corrected chi connectivity index (χ2v) is 6.92. The van der Waals surface area contributed by atoms with E-state index in [0.29, 0.717) is 22.2 Å². The first-order valence-electron chi connectivity index (χ1n) is 9.54. The summed E-state index contributed by atoms with van der Waals surface area (Å²) in [5, 5.41) is 5.64. The lowest BCUT2D eigenvalue weighted by atomic mass is 10.1. The van der Waals surface area contributed by atoms with Gasteiger partial charge in [-0.05, 0) is 36.2 Å². The van der Waals surface area contributed by atoms with Crippen molar-refractivity contribution in [1.29, 1.82) is 0 Å². The van der Waals surface area contributed by atoms with Crippen LogP contribution < -0.4 is 16.2 Å². The Bertz CT molecular complexity index is 1180. The van der Waals surface area contributed by atoms with Gasteiger partial charge in [0.15, 0.2) is 0 Å². The Morgan fingerprint density at radius 1 is 1.06 bits per heavy atom. The minimum absolute atomic E-state index is 0.0861. The number of nitrogens with zero attached hydrogens (tertiary/aromatic N) is 2. The van der Waals surface area contributed by atoms with Crippen LogP contribution in [0.2, 0.25) is 0 Å². The van der Waals surface area contributed by atoms with Crippen LogP contribution in [0.15, 0.2) is 53.6 Å². The Morgan fingerprint density at radius 2 is 1.81 bits per heavy atom. The lowest BCUT2D eigenvalue weighted by Crippen LogP contribution is -2.31. The van der Waals surface area contributed by atoms with E-state index in [0.717, 1.165) is 5.56 Å². The molecule has 3 aromatic rings. The third kappa shape index (κ3) is 5.53. The molecule has 1 heterocycles. The SMILES string of the molecule is COC(=O)CNC(=O)Cc1ccc(NC(=O)Cn2cnc3c(C)cccc3c2=O)cc1. The molecular formula is C22H22N4O5. The number of carbonyl (C=O) groups excluding carboxylic acids is 3. The monoisotopic (exact) mass is 422 g/mol. The Morgan fingerprint density at radius 3 is 2.52 bits per heavy atom. The number of methoxy groups -OCH3 is 1. The van der Waals surface area contributed by atoms with Crippen molar-refractivity contribution in [3.8, 4) is 0 Å². The van der Waals surface area contributed by atoms with Crippen LogP contribution in [0, 0.1) is 6.92 Å². The molecule has 0 aliphatic heterocycles. The molecule has 0 aliphatic carbocycles. The van der Waals surface area contributed by atoms with Crippen molar-refractivity contribution >= 4 is 34.4 Å². The van der Waals surface area contributed by atoms with E-state index < -0.39 is 5.97 Å². The van der Waals surface area contributed by atoms with E-state index in [2.05, 4.69) is 20.4 Å². The number of fused-ring (bicyclic) bond motifs is 1. The van der Waals surface area contributed by atoms with Gasteiger partial charge in [0.1, 0.15) is 13.1 Å². The van der Waals surface area contributed by atoms with Crippen LogP contribution in [0.5, 0.6) is 0 Å². The van der Waals surface area contributed by atoms with Gasteiger partial charge in [0.25, 0.3) is 5.56 Å². The van der Waals surface area contributed by atoms with Gasteiger partial charge in [-0.1, -0.05) is 24.3 Å². The van der Waals surface area contributed by atoms with Crippen molar-refractivity contribution in [1.82, 2.24) is 14.9 Å². The fourth-order valence-corrected chi connectivity index (χ4v) is 3.00. The highest BCUT2D eigenvalue weighted by Crippen LogP contribution is 2.12. The molecule has 9 heteroatoms. The standard InChI is InChI=1S/C22H22N4O5/c1-14-4-3-5-17-21(14)24-13-26(22(17)30)12-19(28)25-16-8-6-15(7-9-16)10-18(27)23-11-20(29)31-2/h3-9,13H,10-12H2,1-2H3,(H,23,27)(H,25,28). The van der Waals surface area contributed by atoms with Gasteiger partial charge in [-0.15, -0.1) is 0 Å². The lowest BCUT2D eigenvalue weighted by molar-refractivity contribution is -0.141. The zero-order valence-corrected chi connectivity index (χ0v) is 17.2. The third-order valence-electron chi connectivity index (χ3n) is 4.63. The average molecular weight is 422 g/mol. The van der Waals surface area contributed by atoms with E-state index in [1.807, 2.05) is 13.0 Å². The number of carbonyl (C=O) groups is 3. The molecule has 0 spiro atoms. The molecule has 0 radical (unpaired) electrons. The van der Waals surface area contributed by atoms with Crippen LogP contribution in [0.1, 0.15) is 11.1 Å². The molecule has 0 bridgehead atoms. The van der Waals surface area contributed by atoms with Crippen molar-refractivity contribution in [3.63, 3.8) is 0 Å². The Balaban J connectivity index is 1.59. The molecule has 9 nitrogen and oxygen atoms in total. The lowest BCUT2D eigenvalue weighted by Gasteiger charge is -2.09. The number of rotatable bonds is 7. The molecule has 0 atom stereocenters. The summed E-state index contributed by atoms with van der Waals surface area (Å²) in [6.07, 6.45) is 1.45. The molecule has 2 amide bonds. The number of aryl methyl sites for hydroxylation is 1. The van der Waals surface area contributed by atoms with Gasteiger partial charge in [-0.25, -0.2) is 4.98 Å². The zero-order valence-electron chi connectivity index (χ0n) is 17.2. The molecule has 2 N–H and O–H groups in total. The molecule has 2 aromatic carbocycles. The molecule has 0 aliphatic rings. The van der Waals surface area contributed by atoms with Crippen molar-refractivity contribution in [2.75, 3.05) is 19.0 Å². The van der Waals surface area contributed by atoms with Crippen LogP contribution in [-0.4, -0.2) is 41.0 Å². The number of hydrogen-bond donors (Lipinski definition) is 2. The average Bonchev–Trinajstić information content (AvgIpc) is 2.76. The number of hydrogen-bond acceptors (Lipinski definition) is 6. The van der Waals surface area contributed by atoms with Gasteiger partial charge >= 0.3 is 5.97 Å². The van der Waals surface area contributed by atoms with E-state index in [9.17, 15) is 19.2 Å². The highest BCUT2D eigenvalue weighted by Gasteiger charge is 2.10. The minimum atomic E-state index is -0.526. The Labute approximate surface area is 178 Å². The van der Waals surface area contributed by atoms with Crippen molar-refractivity contribution in [2.24, 2.45) is 0 Å². The van der Waals surface area contributed by atoms with Crippen molar-refractivity contribution in [2.45, 2.75) is 19.9 Å². The highest BCUT2D eigenvalue weighted by molar-refractivity contribution is 5.91. The van der Waals surface area contributed by atoms with Gasteiger partial charge in [0.2, 0.25) is 11.8 Å². The molecule has 0 saturated heterocycles. The predicted octanol–water partition coefficient (Wildman–Crippen LogP) is 1.18. The minimum Gasteiger partial charge on any atom is -0.468 e. The molecular weight excluding hydrogens is 400 g/mol. The maximum atomic E-state index is 12.6. The first kappa shape index (κ1) is 21.7. The quantitative estimate of drug-likeness (QED) is 0.552. The predicted molar refractivity (Wildman–Crippen MR) is 115 cm³/mol. The summed E-state index contributed by atoms with van der Waals surface area (Å²) in [6.45, 7) is 1.51. The molecule has 3 rings (SSSR count). The number of ether oxygens (including phenoxy) is 1. The van der Waals surface area contributed by atoms with Crippen molar-refractivity contribution in [3.05, 3.63) is 70.3 Å². The van der Waals surface area contributed by atoms with Crippen LogP contribution in [0.4, 0.5) is 5.69 Å². The van der Waals surface area contributed by atoms with Crippen LogP contribution in [0.25, 0.3) is 10.9 Å². The van der Waals surface area contributed by atoms with E-state index in [4.69, 9.17) is 0 Å². The number of para-hydroxylation sites is 1. The van der Waals surface area contributed by atoms with Gasteiger partial charge in [-0.2, -0.15) is 0 Å². The number of esters is 1. The van der Waals surface area contributed by atoms with E-state index >= 15 is 0 Å². The number of anilines is 1. The zero-order chi connectivity index (χ0) is 22.4. The molecule has 160 valence electrons. The normalized spacial score (nSPS) is 10.5. The molecule has 0 unspecified atom stereocenters. The maximum Gasteiger partial charge on any atom is 0.325 e. The summed E-state index contributed by atoms with van der Waals surface area (Å²) in [6, 6.07) is 12.0. The number of benzene rings is 2. The Hall–Kier alpha value is -4.01. The number of amides is 2. The van der Waals surface area contributed by atoms with Crippen LogP contribution in [0.3, 0.4) is 0 Å². The van der Waals surface area contributed by atoms with E-state index in [-0.39, 0.29) is 36.9 Å².